The van der Waals surface area contributed by atoms with Crippen LogP contribution in [0.2, 0.25) is 0 Å². The van der Waals surface area contributed by atoms with E-state index < -0.39 is 17.2 Å². The Morgan fingerprint density at radius 1 is 1.11 bits per heavy atom. The third-order valence-corrected chi connectivity index (χ3v) is 6.15. The number of amides is 1. The third-order valence-electron chi connectivity index (χ3n) is 5.62. The zero-order chi connectivity index (χ0) is 25.7. The van der Waals surface area contributed by atoms with Gasteiger partial charge in [0.25, 0.3) is 5.91 Å². The van der Waals surface area contributed by atoms with Gasteiger partial charge in [0.2, 0.25) is 0 Å². The van der Waals surface area contributed by atoms with Crippen molar-refractivity contribution in [1.82, 2.24) is 19.7 Å². The Labute approximate surface area is 215 Å². The molecule has 36 heavy (non-hydrogen) atoms. The number of likely N-dealkylation sites (N-methyl/N-ethyl adjacent to an activating group) is 1. The van der Waals surface area contributed by atoms with Gasteiger partial charge in [-0.15, -0.1) is 0 Å². The Morgan fingerprint density at radius 2 is 1.83 bits per heavy atom. The first-order valence-electron chi connectivity index (χ1n) is 11.1. The van der Waals surface area contributed by atoms with Gasteiger partial charge in [-0.25, -0.2) is 18.4 Å². The van der Waals surface area contributed by atoms with E-state index in [1.165, 1.54) is 23.4 Å². The molecule has 1 aromatic heterocycles. The number of halogens is 3. The number of anilines is 1. The molecule has 0 saturated carbocycles. The average molecular weight is 556 g/mol. The minimum Gasteiger partial charge on any atom is -0.382 e. The molecule has 0 bridgehead atoms. The normalized spacial score (nSPS) is 12.9. The lowest BCUT2D eigenvalue weighted by atomic mass is 9.92. The van der Waals surface area contributed by atoms with Crippen molar-refractivity contribution >= 4 is 27.5 Å². The standard InChI is InChI=1S/C26H24BrF2N5O2/c1-33(13-18-2-9-22(10-3-18)32-25(35)19-4-6-20(27)7-5-19)14-26(36,15-34-17-30-16-31-34)23-11-8-21(28)12-24(23)29/h2-12,16-17,36H,13-15H2,1H3,(H,32,35). The minimum absolute atomic E-state index is 0.0303. The van der Waals surface area contributed by atoms with Crippen molar-refractivity contribution in [2.45, 2.75) is 18.7 Å². The molecule has 7 nitrogen and oxygen atoms in total. The molecule has 0 radical (unpaired) electrons. The van der Waals surface area contributed by atoms with Crippen LogP contribution in [-0.2, 0) is 18.7 Å². The van der Waals surface area contributed by atoms with Crippen LogP contribution in [0, 0.1) is 11.6 Å². The largest absolute Gasteiger partial charge is 0.382 e. The second-order valence-corrected chi connectivity index (χ2v) is 9.49. The van der Waals surface area contributed by atoms with Gasteiger partial charge in [-0.3, -0.25) is 9.69 Å². The van der Waals surface area contributed by atoms with E-state index in [4.69, 9.17) is 0 Å². The van der Waals surface area contributed by atoms with E-state index in [0.29, 0.717) is 17.8 Å². The zero-order valence-corrected chi connectivity index (χ0v) is 21.0. The van der Waals surface area contributed by atoms with Gasteiger partial charge < -0.3 is 10.4 Å². The van der Waals surface area contributed by atoms with Crippen LogP contribution in [0.3, 0.4) is 0 Å². The molecule has 1 heterocycles. The van der Waals surface area contributed by atoms with Gasteiger partial charge in [0, 0.05) is 40.4 Å². The summed E-state index contributed by atoms with van der Waals surface area (Å²) in [5, 5.41) is 18.4. The predicted molar refractivity (Wildman–Crippen MR) is 135 cm³/mol. The van der Waals surface area contributed by atoms with Crippen LogP contribution in [0.1, 0.15) is 21.5 Å². The first-order valence-corrected chi connectivity index (χ1v) is 11.9. The minimum atomic E-state index is -1.70. The molecule has 10 heteroatoms. The summed E-state index contributed by atoms with van der Waals surface area (Å²) in [6.07, 6.45) is 2.75. The van der Waals surface area contributed by atoms with Crippen LogP contribution in [-0.4, -0.2) is 44.3 Å². The fraction of sp³-hybridized carbons (Fsp3) is 0.192. The third kappa shape index (κ3) is 6.39. The molecule has 0 fully saturated rings. The lowest BCUT2D eigenvalue weighted by molar-refractivity contribution is -0.0175. The molecule has 0 aliphatic heterocycles. The summed E-state index contributed by atoms with van der Waals surface area (Å²) in [6, 6.07) is 17.5. The first kappa shape index (κ1) is 25.6. The zero-order valence-electron chi connectivity index (χ0n) is 19.4. The number of nitrogens with zero attached hydrogens (tertiary/aromatic N) is 4. The lowest BCUT2D eigenvalue weighted by Gasteiger charge is -2.33. The van der Waals surface area contributed by atoms with Crippen molar-refractivity contribution in [2.75, 3.05) is 18.9 Å². The van der Waals surface area contributed by atoms with E-state index in [1.54, 1.807) is 43.4 Å². The Hall–Kier alpha value is -3.47. The highest BCUT2D eigenvalue weighted by Gasteiger charge is 2.34. The molecule has 4 aromatic rings. The molecule has 3 aromatic carbocycles. The number of aromatic nitrogens is 3. The summed E-state index contributed by atoms with van der Waals surface area (Å²) in [5.74, 6) is -1.77. The quantitative estimate of drug-likeness (QED) is 0.315. The van der Waals surface area contributed by atoms with Gasteiger partial charge in [-0.1, -0.05) is 34.1 Å². The molecule has 2 N–H and O–H groups in total. The number of aliphatic hydroxyl groups is 1. The molecular formula is C26H24BrF2N5O2. The van der Waals surface area contributed by atoms with Gasteiger partial charge >= 0.3 is 0 Å². The van der Waals surface area contributed by atoms with Gasteiger partial charge in [0.15, 0.2) is 0 Å². The second-order valence-electron chi connectivity index (χ2n) is 8.58. The second kappa shape index (κ2) is 11.1. The molecule has 1 atom stereocenters. The number of carbonyl (C=O) groups is 1. The summed E-state index contributed by atoms with van der Waals surface area (Å²) < 4.78 is 30.4. The number of hydrogen-bond donors (Lipinski definition) is 2. The van der Waals surface area contributed by atoms with Crippen molar-refractivity contribution in [3.8, 4) is 0 Å². The molecule has 186 valence electrons. The van der Waals surface area contributed by atoms with Gasteiger partial charge in [-0.05, 0) is 55.1 Å². The van der Waals surface area contributed by atoms with Crippen LogP contribution in [0.4, 0.5) is 14.5 Å². The highest BCUT2D eigenvalue weighted by molar-refractivity contribution is 9.10. The van der Waals surface area contributed by atoms with Gasteiger partial charge in [-0.2, -0.15) is 5.10 Å². The summed E-state index contributed by atoms with van der Waals surface area (Å²) in [4.78, 5) is 18.1. The van der Waals surface area contributed by atoms with E-state index in [2.05, 4.69) is 31.3 Å². The van der Waals surface area contributed by atoms with Gasteiger partial charge in [0.05, 0.1) is 6.54 Å². The van der Waals surface area contributed by atoms with Crippen LogP contribution in [0.15, 0.2) is 83.9 Å². The monoisotopic (exact) mass is 555 g/mol. The number of carbonyl (C=O) groups excluding carboxylic acids is 1. The molecule has 0 aliphatic rings. The smallest absolute Gasteiger partial charge is 0.255 e. The number of benzene rings is 3. The summed E-state index contributed by atoms with van der Waals surface area (Å²) in [6.45, 7) is 0.405. The van der Waals surface area contributed by atoms with Crippen LogP contribution < -0.4 is 5.32 Å². The van der Waals surface area contributed by atoms with Gasteiger partial charge in [0.1, 0.15) is 29.9 Å². The molecule has 0 spiro atoms. The molecular weight excluding hydrogens is 532 g/mol. The molecule has 0 saturated heterocycles. The highest BCUT2D eigenvalue weighted by atomic mass is 79.9. The summed E-state index contributed by atoms with van der Waals surface area (Å²) in [7, 11) is 1.79. The fourth-order valence-electron chi connectivity index (χ4n) is 3.98. The van der Waals surface area contributed by atoms with E-state index >= 15 is 0 Å². The summed E-state index contributed by atoms with van der Waals surface area (Å²) >= 11 is 3.35. The Morgan fingerprint density at radius 3 is 2.47 bits per heavy atom. The Balaban J connectivity index is 1.44. The SMILES string of the molecule is CN(Cc1ccc(NC(=O)c2ccc(Br)cc2)cc1)CC(O)(Cn1cncn1)c1ccc(F)cc1F. The number of hydrogen-bond acceptors (Lipinski definition) is 5. The predicted octanol–water partition coefficient (Wildman–Crippen LogP) is 4.59. The van der Waals surface area contributed by atoms with Crippen LogP contribution in [0.25, 0.3) is 0 Å². The number of nitrogens with one attached hydrogen (secondary N) is 1. The first-order chi connectivity index (χ1) is 17.2. The van der Waals surface area contributed by atoms with Crippen LogP contribution >= 0.6 is 15.9 Å². The van der Waals surface area contributed by atoms with E-state index in [-0.39, 0.29) is 24.6 Å². The molecule has 1 unspecified atom stereocenters. The maximum atomic E-state index is 14.6. The molecule has 0 aliphatic carbocycles. The summed E-state index contributed by atoms with van der Waals surface area (Å²) in [5.41, 5.74) is 0.380. The van der Waals surface area contributed by atoms with E-state index in [0.717, 1.165) is 22.2 Å². The van der Waals surface area contributed by atoms with Crippen molar-refractivity contribution in [2.24, 2.45) is 0 Å². The fourth-order valence-corrected chi connectivity index (χ4v) is 4.25. The maximum absolute atomic E-state index is 14.6. The van der Waals surface area contributed by atoms with Crippen molar-refractivity contribution < 1.29 is 18.7 Å². The molecule has 4 rings (SSSR count). The topological polar surface area (TPSA) is 83.3 Å². The molecule has 1 amide bonds. The van der Waals surface area contributed by atoms with E-state index in [9.17, 15) is 18.7 Å². The number of rotatable bonds is 9. The Bertz CT molecular complexity index is 1320. The highest BCUT2D eigenvalue weighted by Crippen LogP contribution is 2.28. The van der Waals surface area contributed by atoms with Crippen molar-refractivity contribution in [1.29, 1.82) is 0 Å². The van der Waals surface area contributed by atoms with E-state index in [1.807, 2.05) is 17.0 Å². The van der Waals surface area contributed by atoms with Crippen LogP contribution in [0.5, 0.6) is 0 Å². The maximum Gasteiger partial charge on any atom is 0.255 e. The van der Waals surface area contributed by atoms with Crippen molar-refractivity contribution in [3.05, 3.63) is 112 Å². The lowest BCUT2D eigenvalue weighted by Crippen LogP contribution is -2.43. The average Bonchev–Trinajstić information content (AvgIpc) is 3.33. The van der Waals surface area contributed by atoms with Crippen molar-refractivity contribution in [3.63, 3.8) is 0 Å². The Kier molecular flexibility index (Phi) is 7.88.